The second kappa shape index (κ2) is 12.1. The van der Waals surface area contributed by atoms with Crippen molar-refractivity contribution < 1.29 is 26.7 Å². The van der Waals surface area contributed by atoms with E-state index >= 15 is 0 Å². The van der Waals surface area contributed by atoms with E-state index in [0.717, 1.165) is 49.4 Å². The van der Waals surface area contributed by atoms with Crippen molar-refractivity contribution in [1.82, 2.24) is 19.6 Å². The standard InChI is InChI=1S/C26H30F2N6O4S2/c27-19-4-1-5-20(28)22(19)23(35)24-25(29)33-26(39-24)32-17-8-11-34(12-9-17)40(36,37)18-6-7-21(31-14-18)38-15-16-3-2-10-30-13-16/h1,4-7,14,16-17,30H,2-3,8-13,15,29H2,(H,32,33)/t16-/m0/s1. The molecule has 14 heteroatoms. The Morgan fingerprint density at radius 2 is 1.93 bits per heavy atom. The number of ether oxygens (including phenoxy) is 1. The maximum absolute atomic E-state index is 14.1. The van der Waals surface area contributed by atoms with Crippen LogP contribution in [0.1, 0.15) is 40.9 Å². The summed E-state index contributed by atoms with van der Waals surface area (Å²) in [6.45, 7) is 2.99. The number of anilines is 2. The normalized spacial score (nSPS) is 18.9. The van der Waals surface area contributed by atoms with E-state index in [0.29, 0.717) is 36.4 Å². The number of carbonyl (C=O) groups is 1. The topological polar surface area (TPSA) is 140 Å². The van der Waals surface area contributed by atoms with Crippen molar-refractivity contribution in [3.05, 3.63) is 58.6 Å². The predicted molar refractivity (Wildman–Crippen MR) is 147 cm³/mol. The summed E-state index contributed by atoms with van der Waals surface area (Å²) in [4.78, 5) is 21.1. The van der Waals surface area contributed by atoms with Crippen LogP contribution in [0.5, 0.6) is 5.88 Å². The van der Waals surface area contributed by atoms with Crippen LogP contribution in [0.25, 0.3) is 0 Å². The molecule has 0 amide bonds. The molecule has 0 unspecified atom stereocenters. The molecule has 4 heterocycles. The van der Waals surface area contributed by atoms with E-state index in [2.05, 4.69) is 20.6 Å². The molecule has 0 radical (unpaired) electrons. The number of halogens is 2. The minimum absolute atomic E-state index is 0.0677. The molecule has 0 bridgehead atoms. The van der Waals surface area contributed by atoms with Gasteiger partial charge < -0.3 is 21.1 Å². The Morgan fingerprint density at radius 3 is 2.58 bits per heavy atom. The first kappa shape index (κ1) is 28.3. The lowest BCUT2D eigenvalue weighted by molar-refractivity contribution is 0.103. The number of aromatic nitrogens is 2. The highest BCUT2D eigenvalue weighted by atomic mass is 32.2. The molecule has 214 valence electrons. The zero-order valence-electron chi connectivity index (χ0n) is 21.6. The van der Waals surface area contributed by atoms with Gasteiger partial charge in [0, 0.05) is 37.7 Å². The van der Waals surface area contributed by atoms with Gasteiger partial charge in [-0.2, -0.15) is 4.31 Å². The average Bonchev–Trinajstić information content (AvgIpc) is 3.32. The second-order valence-corrected chi connectivity index (χ2v) is 12.8. The summed E-state index contributed by atoms with van der Waals surface area (Å²) in [6.07, 6.45) is 4.48. The lowest BCUT2D eigenvalue weighted by Crippen LogP contribution is -2.42. The van der Waals surface area contributed by atoms with Crippen LogP contribution < -0.4 is 21.1 Å². The molecule has 2 fully saturated rings. The molecule has 2 aliphatic rings. The zero-order chi connectivity index (χ0) is 28.3. The third-order valence-electron chi connectivity index (χ3n) is 7.04. The van der Waals surface area contributed by atoms with Crippen molar-refractivity contribution in [2.75, 3.05) is 43.8 Å². The van der Waals surface area contributed by atoms with E-state index in [1.807, 2.05) is 0 Å². The summed E-state index contributed by atoms with van der Waals surface area (Å²) in [5.41, 5.74) is 5.20. The van der Waals surface area contributed by atoms with Crippen LogP contribution in [0.15, 0.2) is 41.4 Å². The van der Waals surface area contributed by atoms with Crippen molar-refractivity contribution in [2.45, 2.75) is 36.6 Å². The monoisotopic (exact) mass is 592 g/mol. The number of nitrogens with two attached hydrogens (primary N) is 1. The van der Waals surface area contributed by atoms with Gasteiger partial charge in [-0.15, -0.1) is 0 Å². The number of ketones is 1. The van der Waals surface area contributed by atoms with E-state index in [4.69, 9.17) is 10.5 Å². The number of nitrogen functional groups attached to an aromatic ring is 1. The van der Waals surface area contributed by atoms with Gasteiger partial charge in [0.05, 0.1) is 18.4 Å². The van der Waals surface area contributed by atoms with Gasteiger partial charge in [-0.05, 0) is 50.4 Å². The van der Waals surface area contributed by atoms with Gasteiger partial charge >= 0.3 is 0 Å². The second-order valence-electron chi connectivity index (χ2n) is 9.84. The number of benzene rings is 1. The molecule has 0 saturated carbocycles. The summed E-state index contributed by atoms with van der Waals surface area (Å²) >= 11 is 0.905. The molecular weight excluding hydrogens is 562 g/mol. The Bertz CT molecular complexity index is 1430. The Kier molecular flexibility index (Phi) is 8.59. The molecule has 0 aliphatic carbocycles. The summed E-state index contributed by atoms with van der Waals surface area (Å²) < 4.78 is 61.7. The van der Waals surface area contributed by atoms with Crippen LogP contribution >= 0.6 is 11.3 Å². The van der Waals surface area contributed by atoms with Crippen LogP contribution in [0, 0.1) is 17.6 Å². The van der Waals surface area contributed by atoms with Crippen molar-refractivity contribution in [3.63, 3.8) is 0 Å². The fourth-order valence-corrected chi connectivity index (χ4v) is 7.15. The Labute approximate surface area is 235 Å². The van der Waals surface area contributed by atoms with Crippen molar-refractivity contribution >= 4 is 38.1 Å². The SMILES string of the molecule is Nc1nc(NC2CCN(S(=O)(=O)c3ccc(OC[C@H]4CCCNC4)nc3)CC2)sc1C(=O)c1c(F)cccc1F. The van der Waals surface area contributed by atoms with Gasteiger partial charge in [0.1, 0.15) is 27.2 Å². The van der Waals surface area contributed by atoms with Gasteiger partial charge in [0.25, 0.3) is 0 Å². The first-order valence-corrected chi connectivity index (χ1v) is 15.3. The number of nitrogens with zero attached hydrogens (tertiary/aromatic N) is 3. The maximum Gasteiger partial charge on any atom is 0.244 e. The highest BCUT2D eigenvalue weighted by molar-refractivity contribution is 7.89. The Morgan fingerprint density at radius 1 is 1.18 bits per heavy atom. The first-order chi connectivity index (χ1) is 19.2. The molecule has 40 heavy (non-hydrogen) atoms. The molecule has 4 N–H and O–H groups in total. The Hall–Kier alpha value is -3.20. The third kappa shape index (κ3) is 6.24. The molecule has 2 aliphatic heterocycles. The van der Waals surface area contributed by atoms with Crippen LogP contribution in [-0.2, 0) is 10.0 Å². The molecule has 2 aromatic heterocycles. The summed E-state index contributed by atoms with van der Waals surface area (Å²) in [6, 6.07) is 6.14. The first-order valence-electron chi connectivity index (χ1n) is 13.0. The molecule has 10 nitrogen and oxygen atoms in total. The summed E-state index contributed by atoms with van der Waals surface area (Å²) in [5.74, 6) is -2.15. The molecule has 1 aromatic carbocycles. The Balaban J connectivity index is 1.16. The number of pyridine rings is 1. The van der Waals surface area contributed by atoms with Crippen LogP contribution in [0.2, 0.25) is 0 Å². The largest absolute Gasteiger partial charge is 0.477 e. The van der Waals surface area contributed by atoms with Gasteiger partial charge in [0.2, 0.25) is 21.7 Å². The quantitative estimate of drug-likeness (QED) is 0.320. The molecule has 3 aromatic rings. The van der Waals surface area contributed by atoms with Crippen molar-refractivity contribution in [2.24, 2.45) is 5.92 Å². The minimum atomic E-state index is -3.73. The lowest BCUT2D eigenvalue weighted by atomic mass is 10.0. The summed E-state index contributed by atoms with van der Waals surface area (Å²) in [7, 11) is -3.73. The van der Waals surface area contributed by atoms with Crippen molar-refractivity contribution in [1.29, 1.82) is 0 Å². The maximum atomic E-state index is 14.1. The van der Waals surface area contributed by atoms with E-state index in [-0.39, 0.29) is 34.7 Å². The predicted octanol–water partition coefficient (Wildman–Crippen LogP) is 3.27. The number of thiazole rings is 1. The fourth-order valence-electron chi connectivity index (χ4n) is 4.82. The summed E-state index contributed by atoms with van der Waals surface area (Å²) in [5, 5.41) is 6.83. The molecule has 0 spiro atoms. The number of nitrogens with one attached hydrogen (secondary N) is 2. The fraction of sp³-hybridized carbons (Fsp3) is 0.423. The lowest BCUT2D eigenvalue weighted by Gasteiger charge is -2.31. The zero-order valence-corrected chi connectivity index (χ0v) is 23.2. The number of hydrogen-bond acceptors (Lipinski definition) is 10. The van der Waals surface area contributed by atoms with Crippen LogP contribution in [-0.4, -0.2) is 67.3 Å². The van der Waals surface area contributed by atoms with E-state index in [1.54, 1.807) is 6.07 Å². The molecule has 2 saturated heterocycles. The van der Waals surface area contributed by atoms with Crippen molar-refractivity contribution in [3.8, 4) is 5.88 Å². The molecular formula is C26H30F2N6O4S2. The number of piperidine rings is 2. The van der Waals surface area contributed by atoms with E-state index in [9.17, 15) is 22.0 Å². The number of rotatable bonds is 9. The third-order valence-corrected chi connectivity index (χ3v) is 9.93. The molecule has 1 atom stereocenters. The van der Waals surface area contributed by atoms with Gasteiger partial charge in [-0.25, -0.2) is 27.2 Å². The number of sulfonamides is 1. The van der Waals surface area contributed by atoms with E-state index in [1.165, 1.54) is 22.6 Å². The highest BCUT2D eigenvalue weighted by Gasteiger charge is 2.31. The van der Waals surface area contributed by atoms with Gasteiger partial charge in [-0.3, -0.25) is 4.79 Å². The van der Waals surface area contributed by atoms with Gasteiger partial charge in [0.15, 0.2) is 5.13 Å². The van der Waals surface area contributed by atoms with Crippen LogP contribution in [0.3, 0.4) is 0 Å². The van der Waals surface area contributed by atoms with Crippen LogP contribution in [0.4, 0.5) is 19.7 Å². The smallest absolute Gasteiger partial charge is 0.244 e. The van der Waals surface area contributed by atoms with E-state index < -0.39 is 33.0 Å². The number of hydrogen-bond donors (Lipinski definition) is 3. The van der Waals surface area contributed by atoms with Gasteiger partial charge in [-0.1, -0.05) is 17.4 Å². The molecule has 5 rings (SSSR count). The highest BCUT2D eigenvalue weighted by Crippen LogP contribution is 2.31. The average molecular weight is 593 g/mol. The number of carbonyl (C=O) groups excluding carboxylic acids is 1. The minimum Gasteiger partial charge on any atom is -0.477 e.